The van der Waals surface area contributed by atoms with Crippen LogP contribution in [0.15, 0.2) is 18.2 Å². The van der Waals surface area contributed by atoms with Crippen molar-refractivity contribution in [3.8, 4) is 0 Å². The molecule has 1 N–H and O–H groups in total. The molecule has 0 bridgehead atoms. The van der Waals surface area contributed by atoms with Crippen LogP contribution in [0, 0.1) is 11.6 Å². The molecule has 3 nitrogen and oxygen atoms in total. The van der Waals surface area contributed by atoms with E-state index in [1.165, 1.54) is 0 Å². The van der Waals surface area contributed by atoms with Crippen LogP contribution in [0.5, 0.6) is 0 Å². The topological polar surface area (TPSA) is 32.3 Å². The van der Waals surface area contributed by atoms with E-state index in [9.17, 15) is 18.0 Å². The Morgan fingerprint density at radius 2 is 1.86 bits per heavy atom. The molecule has 3 rings (SSSR count). The second-order valence-corrected chi connectivity index (χ2v) is 6.53. The molecule has 1 aromatic carbocycles. The summed E-state index contributed by atoms with van der Waals surface area (Å²) >= 11 is 0. The van der Waals surface area contributed by atoms with Crippen LogP contribution in [-0.2, 0) is 10.5 Å². The van der Waals surface area contributed by atoms with Gasteiger partial charge in [-0.25, -0.2) is 13.2 Å². The van der Waals surface area contributed by atoms with Crippen LogP contribution in [0.1, 0.15) is 31.7 Å². The number of hydrogen-bond donors (Lipinski definition) is 1. The van der Waals surface area contributed by atoms with Gasteiger partial charge in [-0.1, -0.05) is 0 Å². The van der Waals surface area contributed by atoms with Crippen molar-refractivity contribution in [3.05, 3.63) is 35.4 Å². The molecule has 0 radical (unpaired) electrons. The van der Waals surface area contributed by atoms with Gasteiger partial charge in [0.25, 0.3) is 5.91 Å². The monoisotopic (exact) mass is 312 g/mol. The molecule has 22 heavy (non-hydrogen) atoms. The molecule has 1 saturated heterocycles. The second kappa shape index (κ2) is 5.26. The van der Waals surface area contributed by atoms with E-state index < -0.39 is 23.2 Å². The molecule has 0 aromatic heterocycles. The van der Waals surface area contributed by atoms with Crippen LogP contribution >= 0.6 is 0 Å². The fourth-order valence-corrected chi connectivity index (χ4v) is 2.76. The molecule has 1 aromatic rings. The van der Waals surface area contributed by atoms with E-state index in [2.05, 4.69) is 10.2 Å². The smallest absolute Gasteiger partial charge is 0.262 e. The third-order valence-electron chi connectivity index (χ3n) is 4.54. The summed E-state index contributed by atoms with van der Waals surface area (Å²) in [4.78, 5) is 14.5. The van der Waals surface area contributed by atoms with Crippen LogP contribution in [0.2, 0.25) is 0 Å². The summed E-state index contributed by atoms with van der Waals surface area (Å²) in [6.45, 7) is 3.75. The first-order chi connectivity index (χ1) is 10.3. The lowest BCUT2D eigenvalue weighted by Crippen LogP contribution is -2.53. The fraction of sp³-hybridized carbons (Fsp3) is 0.562. The van der Waals surface area contributed by atoms with Crippen molar-refractivity contribution >= 4 is 5.91 Å². The largest absolute Gasteiger partial charge is 0.346 e. The first kappa shape index (κ1) is 15.3. The number of rotatable bonds is 5. The zero-order chi connectivity index (χ0) is 16.0. The molecule has 2 fully saturated rings. The third kappa shape index (κ3) is 2.97. The molecular weight excluding hydrogens is 293 g/mol. The van der Waals surface area contributed by atoms with E-state index in [1.54, 1.807) is 0 Å². The molecule has 1 heterocycles. The number of carbonyl (C=O) groups excluding carboxylic acids is 1. The summed E-state index contributed by atoms with van der Waals surface area (Å²) in [6.07, 6.45) is 2.76. The van der Waals surface area contributed by atoms with Crippen molar-refractivity contribution in [2.45, 2.75) is 37.4 Å². The van der Waals surface area contributed by atoms with Gasteiger partial charge in [-0.3, -0.25) is 4.79 Å². The Morgan fingerprint density at radius 3 is 2.32 bits per heavy atom. The minimum Gasteiger partial charge on any atom is -0.346 e. The molecule has 1 unspecified atom stereocenters. The van der Waals surface area contributed by atoms with E-state index in [4.69, 9.17) is 0 Å². The highest BCUT2D eigenvalue weighted by molar-refractivity contribution is 5.87. The summed E-state index contributed by atoms with van der Waals surface area (Å²) in [7, 11) is 0. The molecule has 1 amide bonds. The lowest BCUT2D eigenvalue weighted by molar-refractivity contribution is -0.133. The highest BCUT2D eigenvalue weighted by atomic mass is 19.1. The molecule has 1 atom stereocenters. The van der Waals surface area contributed by atoms with Gasteiger partial charge >= 0.3 is 0 Å². The van der Waals surface area contributed by atoms with Gasteiger partial charge in [0.15, 0.2) is 0 Å². The number of benzene rings is 1. The number of likely N-dealkylation sites (tertiary alicyclic amines) is 1. The lowest BCUT2D eigenvalue weighted by Gasteiger charge is -2.35. The first-order valence-corrected chi connectivity index (χ1v) is 7.51. The lowest BCUT2D eigenvalue weighted by atomic mass is 9.96. The fourth-order valence-electron chi connectivity index (χ4n) is 2.76. The maximum absolute atomic E-state index is 14.8. The number of carbonyl (C=O) groups is 1. The average Bonchev–Trinajstić information content (AvgIpc) is 3.13. The maximum atomic E-state index is 14.8. The van der Waals surface area contributed by atoms with E-state index in [0.717, 1.165) is 51.4 Å². The molecular formula is C16H19F3N2O. The Bertz CT molecular complexity index is 575. The number of alkyl halides is 1. The maximum Gasteiger partial charge on any atom is 0.262 e. The first-order valence-electron chi connectivity index (χ1n) is 7.51. The zero-order valence-corrected chi connectivity index (χ0v) is 12.5. The Labute approximate surface area is 127 Å². The van der Waals surface area contributed by atoms with Gasteiger partial charge in [0, 0.05) is 18.2 Å². The number of halogens is 3. The third-order valence-corrected chi connectivity index (χ3v) is 4.54. The van der Waals surface area contributed by atoms with Crippen LogP contribution in [0.4, 0.5) is 13.2 Å². The summed E-state index contributed by atoms with van der Waals surface area (Å²) in [5.74, 6) is -2.63. The molecule has 2 aliphatic rings. The molecule has 120 valence electrons. The average molecular weight is 312 g/mol. The van der Waals surface area contributed by atoms with E-state index >= 15 is 0 Å². The summed E-state index contributed by atoms with van der Waals surface area (Å²) in [5, 5.41) is 2.74. The van der Waals surface area contributed by atoms with Crippen molar-refractivity contribution < 1.29 is 18.0 Å². The van der Waals surface area contributed by atoms with Crippen LogP contribution in [-0.4, -0.2) is 36.0 Å². The SMILES string of the molecule is CC(F)(C(=O)NC1(CN2CCC2)CC1)c1cc(F)cc(F)c1. The van der Waals surface area contributed by atoms with E-state index in [1.807, 2.05) is 0 Å². The molecule has 1 saturated carbocycles. The number of hydrogen-bond acceptors (Lipinski definition) is 2. The Kier molecular flexibility index (Phi) is 3.67. The van der Waals surface area contributed by atoms with Crippen LogP contribution in [0.3, 0.4) is 0 Å². The number of nitrogens with zero attached hydrogens (tertiary/aromatic N) is 1. The van der Waals surface area contributed by atoms with Crippen molar-refractivity contribution in [3.63, 3.8) is 0 Å². The Morgan fingerprint density at radius 1 is 1.27 bits per heavy atom. The quantitative estimate of drug-likeness (QED) is 0.906. The Balaban J connectivity index is 1.72. The minimum atomic E-state index is -2.46. The zero-order valence-electron chi connectivity index (χ0n) is 12.5. The van der Waals surface area contributed by atoms with Crippen molar-refractivity contribution in [1.82, 2.24) is 10.2 Å². The van der Waals surface area contributed by atoms with Crippen molar-refractivity contribution in [1.29, 1.82) is 0 Å². The van der Waals surface area contributed by atoms with Crippen LogP contribution < -0.4 is 5.32 Å². The predicted octanol–water partition coefficient (Wildman–Crippen LogP) is 2.50. The van der Waals surface area contributed by atoms with Crippen LogP contribution in [0.25, 0.3) is 0 Å². The van der Waals surface area contributed by atoms with Gasteiger partial charge < -0.3 is 10.2 Å². The van der Waals surface area contributed by atoms with Gasteiger partial charge in [-0.2, -0.15) is 0 Å². The molecule has 0 spiro atoms. The highest BCUT2D eigenvalue weighted by Crippen LogP contribution is 2.39. The summed E-state index contributed by atoms with van der Waals surface area (Å²) in [6, 6.07) is 2.37. The van der Waals surface area contributed by atoms with Gasteiger partial charge in [-0.15, -0.1) is 0 Å². The van der Waals surface area contributed by atoms with Crippen molar-refractivity contribution in [2.75, 3.05) is 19.6 Å². The van der Waals surface area contributed by atoms with Gasteiger partial charge in [0.1, 0.15) is 11.6 Å². The Hall–Kier alpha value is -1.56. The van der Waals surface area contributed by atoms with Gasteiger partial charge in [-0.05, 0) is 51.4 Å². The standard InChI is InChI=1S/C16H19F3N2O/c1-15(19,11-7-12(17)9-13(18)8-11)14(22)20-16(3-4-16)10-21-5-2-6-21/h7-9H,2-6,10H2,1H3,(H,20,22). The molecule has 1 aliphatic carbocycles. The number of nitrogens with one attached hydrogen (secondary N) is 1. The minimum absolute atomic E-state index is 0.303. The number of amides is 1. The van der Waals surface area contributed by atoms with Crippen molar-refractivity contribution in [2.24, 2.45) is 0 Å². The van der Waals surface area contributed by atoms with E-state index in [0.29, 0.717) is 12.6 Å². The normalized spacial score (nSPS) is 22.5. The summed E-state index contributed by atoms with van der Waals surface area (Å²) in [5.41, 5.74) is -3.15. The molecule has 1 aliphatic heterocycles. The predicted molar refractivity (Wildman–Crippen MR) is 76.0 cm³/mol. The molecule has 6 heteroatoms. The highest BCUT2D eigenvalue weighted by Gasteiger charge is 2.49. The second-order valence-electron chi connectivity index (χ2n) is 6.53. The van der Waals surface area contributed by atoms with E-state index in [-0.39, 0.29) is 11.1 Å². The van der Waals surface area contributed by atoms with Gasteiger partial charge in [0.05, 0.1) is 5.54 Å². The van der Waals surface area contributed by atoms with Gasteiger partial charge in [0.2, 0.25) is 5.67 Å². The summed E-state index contributed by atoms with van der Waals surface area (Å²) < 4.78 is 41.3.